The molecule has 0 amide bonds. The summed E-state index contributed by atoms with van der Waals surface area (Å²) in [5, 5.41) is 0.619. The first-order valence-electron chi connectivity index (χ1n) is 10.7. The van der Waals surface area contributed by atoms with Crippen molar-refractivity contribution in [2.75, 3.05) is 19.7 Å². The number of ether oxygens (including phenoxy) is 1. The molecule has 2 aromatic carbocycles. The molecule has 0 atom stereocenters. The fourth-order valence-corrected chi connectivity index (χ4v) is 6.08. The zero-order valence-electron chi connectivity index (χ0n) is 17.5. The lowest BCUT2D eigenvalue weighted by Gasteiger charge is -2.31. The predicted octanol–water partition coefficient (Wildman–Crippen LogP) is 2.74. The van der Waals surface area contributed by atoms with Crippen molar-refractivity contribution in [2.24, 2.45) is 5.92 Å². The highest BCUT2D eigenvalue weighted by molar-refractivity contribution is 7.89. The summed E-state index contributed by atoms with van der Waals surface area (Å²) in [6, 6.07) is 12.5. The summed E-state index contributed by atoms with van der Waals surface area (Å²) >= 11 is 0. The lowest BCUT2D eigenvalue weighted by Crippen LogP contribution is -2.40. The SMILES string of the molecule is Cc1nc2ccccc2c(=O)n1CC1CCN(S(=O)(=O)c2ccc3c(c2)CCO3)CC1. The van der Waals surface area contributed by atoms with E-state index in [2.05, 4.69) is 4.98 Å². The van der Waals surface area contributed by atoms with Crippen LogP contribution in [0.4, 0.5) is 0 Å². The molecule has 0 unspecified atom stereocenters. The minimum Gasteiger partial charge on any atom is -0.493 e. The Morgan fingerprint density at radius 3 is 2.71 bits per heavy atom. The number of aromatic nitrogens is 2. The van der Waals surface area contributed by atoms with Gasteiger partial charge in [-0.15, -0.1) is 0 Å². The average Bonchev–Trinajstić information content (AvgIpc) is 3.25. The third-order valence-corrected chi connectivity index (χ3v) is 8.26. The molecule has 3 heterocycles. The quantitative estimate of drug-likeness (QED) is 0.624. The van der Waals surface area contributed by atoms with Crippen molar-refractivity contribution in [3.05, 3.63) is 64.2 Å². The molecule has 2 aliphatic rings. The molecule has 1 aromatic heterocycles. The third kappa shape index (κ3) is 3.64. The van der Waals surface area contributed by atoms with Crippen molar-refractivity contribution >= 4 is 20.9 Å². The topological polar surface area (TPSA) is 81.5 Å². The number of benzene rings is 2. The summed E-state index contributed by atoms with van der Waals surface area (Å²) in [4.78, 5) is 17.8. The first-order chi connectivity index (χ1) is 14.9. The first kappa shape index (κ1) is 20.2. The number of rotatable bonds is 4. The molecule has 0 saturated carbocycles. The molecule has 1 saturated heterocycles. The summed E-state index contributed by atoms with van der Waals surface area (Å²) in [5.74, 6) is 1.71. The van der Waals surface area contributed by atoms with E-state index in [9.17, 15) is 13.2 Å². The second kappa shape index (κ2) is 7.76. The second-order valence-corrected chi connectivity index (χ2v) is 10.2. The van der Waals surface area contributed by atoms with E-state index in [0.717, 1.165) is 17.7 Å². The van der Waals surface area contributed by atoms with E-state index in [1.54, 1.807) is 33.1 Å². The van der Waals surface area contributed by atoms with E-state index < -0.39 is 10.0 Å². The maximum Gasteiger partial charge on any atom is 0.261 e. The maximum absolute atomic E-state index is 13.1. The van der Waals surface area contributed by atoms with E-state index in [-0.39, 0.29) is 11.5 Å². The third-order valence-electron chi connectivity index (χ3n) is 6.37. The van der Waals surface area contributed by atoms with Gasteiger partial charge in [0.2, 0.25) is 10.0 Å². The van der Waals surface area contributed by atoms with Gasteiger partial charge in [-0.25, -0.2) is 13.4 Å². The number of fused-ring (bicyclic) bond motifs is 2. The minimum absolute atomic E-state index is 0.0292. The maximum atomic E-state index is 13.1. The Labute approximate surface area is 181 Å². The second-order valence-electron chi connectivity index (χ2n) is 8.31. The van der Waals surface area contributed by atoms with Crippen molar-refractivity contribution in [1.82, 2.24) is 13.9 Å². The monoisotopic (exact) mass is 439 g/mol. The molecular weight excluding hydrogens is 414 g/mol. The minimum atomic E-state index is -3.53. The predicted molar refractivity (Wildman–Crippen MR) is 118 cm³/mol. The van der Waals surface area contributed by atoms with Gasteiger partial charge in [0.1, 0.15) is 11.6 Å². The van der Waals surface area contributed by atoms with Gasteiger partial charge in [-0.05, 0) is 61.6 Å². The molecule has 2 aliphatic heterocycles. The van der Waals surface area contributed by atoms with Crippen LogP contribution in [-0.4, -0.2) is 42.0 Å². The summed E-state index contributed by atoms with van der Waals surface area (Å²) in [7, 11) is -3.53. The first-order valence-corrected chi connectivity index (χ1v) is 12.1. The fraction of sp³-hybridized carbons (Fsp3) is 0.391. The Bertz CT molecular complexity index is 1310. The van der Waals surface area contributed by atoms with Gasteiger partial charge in [-0.3, -0.25) is 9.36 Å². The van der Waals surface area contributed by atoms with Gasteiger partial charge in [0.25, 0.3) is 5.56 Å². The Morgan fingerprint density at radius 2 is 1.90 bits per heavy atom. The number of aryl methyl sites for hydroxylation is 1. The van der Waals surface area contributed by atoms with Gasteiger partial charge in [0.05, 0.1) is 22.4 Å². The molecule has 0 spiro atoms. The van der Waals surface area contributed by atoms with E-state index in [1.807, 2.05) is 25.1 Å². The molecule has 5 rings (SSSR count). The van der Waals surface area contributed by atoms with Gasteiger partial charge in [-0.2, -0.15) is 4.31 Å². The standard InChI is InChI=1S/C23H25N3O4S/c1-16-24-21-5-3-2-4-20(21)23(27)26(16)15-17-8-11-25(12-9-17)31(28,29)19-6-7-22-18(14-19)10-13-30-22/h2-7,14,17H,8-13,15H2,1H3. The fourth-order valence-electron chi connectivity index (χ4n) is 4.56. The molecule has 7 nitrogen and oxygen atoms in total. The molecular formula is C23H25N3O4S. The van der Waals surface area contributed by atoms with Crippen LogP contribution in [0.2, 0.25) is 0 Å². The van der Waals surface area contributed by atoms with Gasteiger partial charge >= 0.3 is 0 Å². The van der Waals surface area contributed by atoms with E-state index in [1.165, 1.54) is 0 Å². The lowest BCUT2D eigenvalue weighted by molar-refractivity contribution is 0.250. The summed E-state index contributed by atoms with van der Waals surface area (Å²) in [5.41, 5.74) is 1.63. The van der Waals surface area contributed by atoms with Crippen molar-refractivity contribution in [2.45, 2.75) is 37.6 Å². The molecule has 31 heavy (non-hydrogen) atoms. The number of sulfonamides is 1. The average molecular weight is 440 g/mol. The molecule has 0 N–H and O–H groups in total. The van der Waals surface area contributed by atoms with Gasteiger partial charge in [0.15, 0.2) is 0 Å². The number of para-hydroxylation sites is 1. The highest BCUT2D eigenvalue weighted by Gasteiger charge is 2.31. The van der Waals surface area contributed by atoms with Gasteiger partial charge < -0.3 is 4.74 Å². The van der Waals surface area contributed by atoms with Gasteiger partial charge in [0, 0.05) is 26.1 Å². The largest absolute Gasteiger partial charge is 0.493 e. The molecule has 3 aromatic rings. The van der Waals surface area contributed by atoms with Crippen LogP contribution in [0.5, 0.6) is 5.75 Å². The summed E-state index contributed by atoms with van der Waals surface area (Å²) in [6.07, 6.45) is 2.17. The van der Waals surface area contributed by atoms with Crippen molar-refractivity contribution in [1.29, 1.82) is 0 Å². The van der Waals surface area contributed by atoms with Crippen LogP contribution in [0, 0.1) is 12.8 Å². The number of hydrogen-bond acceptors (Lipinski definition) is 5. The van der Waals surface area contributed by atoms with Crippen LogP contribution in [0.1, 0.15) is 24.2 Å². The molecule has 0 aliphatic carbocycles. The summed E-state index contributed by atoms with van der Waals surface area (Å²) in [6.45, 7) is 3.93. The highest BCUT2D eigenvalue weighted by atomic mass is 32.2. The molecule has 0 bridgehead atoms. The number of piperidine rings is 1. The van der Waals surface area contributed by atoms with Crippen LogP contribution >= 0.6 is 0 Å². The Balaban J connectivity index is 1.31. The van der Waals surface area contributed by atoms with Crippen LogP contribution in [0.25, 0.3) is 10.9 Å². The molecule has 8 heteroatoms. The zero-order chi connectivity index (χ0) is 21.6. The van der Waals surface area contributed by atoms with Crippen LogP contribution in [-0.2, 0) is 23.0 Å². The van der Waals surface area contributed by atoms with Gasteiger partial charge in [-0.1, -0.05) is 12.1 Å². The normalized spacial score (nSPS) is 17.6. The molecule has 162 valence electrons. The van der Waals surface area contributed by atoms with Crippen LogP contribution in [0.3, 0.4) is 0 Å². The highest BCUT2D eigenvalue weighted by Crippen LogP contribution is 2.30. The van der Waals surface area contributed by atoms with Crippen molar-refractivity contribution in [3.8, 4) is 5.75 Å². The Kier molecular flexibility index (Phi) is 5.06. The molecule has 1 fully saturated rings. The van der Waals surface area contributed by atoms with E-state index >= 15 is 0 Å². The van der Waals surface area contributed by atoms with E-state index in [0.29, 0.717) is 60.7 Å². The zero-order valence-corrected chi connectivity index (χ0v) is 18.3. The molecule has 0 radical (unpaired) electrons. The Hall–Kier alpha value is -2.71. The van der Waals surface area contributed by atoms with E-state index in [4.69, 9.17) is 4.74 Å². The smallest absolute Gasteiger partial charge is 0.261 e. The summed E-state index contributed by atoms with van der Waals surface area (Å²) < 4.78 is 35.0. The van der Waals surface area contributed by atoms with Crippen LogP contribution < -0.4 is 10.3 Å². The van der Waals surface area contributed by atoms with Crippen molar-refractivity contribution < 1.29 is 13.2 Å². The number of hydrogen-bond donors (Lipinski definition) is 0. The Morgan fingerprint density at radius 1 is 1.13 bits per heavy atom. The number of nitrogens with zero attached hydrogens (tertiary/aromatic N) is 3. The van der Waals surface area contributed by atoms with Crippen LogP contribution in [0.15, 0.2) is 52.2 Å². The lowest BCUT2D eigenvalue weighted by atomic mass is 9.98. The van der Waals surface area contributed by atoms with Crippen molar-refractivity contribution in [3.63, 3.8) is 0 Å².